The monoisotopic (exact) mass is 382 g/mol. The Labute approximate surface area is 161 Å². The summed E-state index contributed by atoms with van der Waals surface area (Å²) < 4.78 is 20.4. The van der Waals surface area contributed by atoms with Crippen molar-refractivity contribution < 1.29 is 33.3 Å². The minimum absolute atomic E-state index is 0.152. The number of hydrogen-bond donors (Lipinski definition) is 0. The molecule has 1 aliphatic carbocycles. The van der Waals surface area contributed by atoms with Gasteiger partial charge in [-0.3, -0.25) is 9.59 Å². The van der Waals surface area contributed by atoms with Gasteiger partial charge in [-0.15, -0.1) is 0 Å². The maximum absolute atomic E-state index is 13.2. The molecule has 0 unspecified atom stereocenters. The molecule has 0 aliphatic heterocycles. The number of rotatable bonds is 5. The van der Waals surface area contributed by atoms with E-state index in [0.29, 0.717) is 11.3 Å². The summed E-state index contributed by atoms with van der Waals surface area (Å²) in [5, 5.41) is 0. The summed E-state index contributed by atoms with van der Waals surface area (Å²) in [5.74, 6) is -0.426. The normalized spacial score (nSPS) is 12.4. The predicted molar refractivity (Wildman–Crippen MR) is 100 cm³/mol. The quantitative estimate of drug-likeness (QED) is 0.495. The molecule has 0 N–H and O–H groups in total. The van der Waals surface area contributed by atoms with Crippen LogP contribution in [0.2, 0.25) is 0 Å². The van der Waals surface area contributed by atoms with E-state index in [2.05, 4.69) is 4.74 Å². The van der Waals surface area contributed by atoms with E-state index in [1.165, 1.54) is 52.7 Å². The Morgan fingerprint density at radius 2 is 1.39 bits per heavy atom. The molecule has 0 amide bonds. The lowest BCUT2D eigenvalue weighted by Crippen LogP contribution is -2.23. The van der Waals surface area contributed by atoms with E-state index >= 15 is 0 Å². The summed E-state index contributed by atoms with van der Waals surface area (Å²) >= 11 is 0. The van der Waals surface area contributed by atoms with Crippen molar-refractivity contribution in [2.24, 2.45) is 0 Å². The fourth-order valence-corrected chi connectivity index (χ4v) is 3.09. The van der Waals surface area contributed by atoms with Crippen molar-refractivity contribution in [3.05, 3.63) is 58.2 Å². The summed E-state index contributed by atoms with van der Waals surface area (Å²) in [4.78, 5) is 37.7. The summed E-state index contributed by atoms with van der Waals surface area (Å²) in [5.41, 5.74) is 1.19. The van der Waals surface area contributed by atoms with E-state index in [1.54, 1.807) is 12.1 Å². The van der Waals surface area contributed by atoms with Gasteiger partial charge in [0.1, 0.15) is 17.2 Å². The van der Waals surface area contributed by atoms with Crippen LogP contribution < -0.4 is 14.2 Å². The third-order valence-corrected chi connectivity index (χ3v) is 4.43. The van der Waals surface area contributed by atoms with Gasteiger partial charge in [-0.2, -0.15) is 0 Å². The van der Waals surface area contributed by atoms with Crippen LogP contribution in [0.4, 0.5) is 0 Å². The molecule has 7 nitrogen and oxygen atoms in total. The first-order valence-electron chi connectivity index (χ1n) is 8.28. The summed E-state index contributed by atoms with van der Waals surface area (Å²) in [7, 11) is 5.55. The Hall–Kier alpha value is -3.61. The van der Waals surface area contributed by atoms with Crippen molar-refractivity contribution in [2.45, 2.75) is 0 Å². The van der Waals surface area contributed by atoms with Crippen LogP contribution in [0.1, 0.15) is 37.4 Å². The molecular weight excluding hydrogens is 364 g/mol. The van der Waals surface area contributed by atoms with Crippen molar-refractivity contribution in [3.63, 3.8) is 0 Å². The Balaban J connectivity index is 2.23. The molecule has 0 saturated carbocycles. The number of benzene rings is 2. The highest BCUT2D eigenvalue weighted by molar-refractivity contribution is 6.30. The molecule has 3 rings (SSSR count). The molecule has 0 fully saturated rings. The molecule has 1 aliphatic rings. The average molecular weight is 382 g/mol. The van der Waals surface area contributed by atoms with Gasteiger partial charge in [-0.05, 0) is 29.8 Å². The molecule has 7 heteroatoms. The van der Waals surface area contributed by atoms with Crippen molar-refractivity contribution in [1.29, 1.82) is 0 Å². The first-order chi connectivity index (χ1) is 13.4. The van der Waals surface area contributed by atoms with Crippen molar-refractivity contribution in [3.8, 4) is 17.2 Å². The number of carbonyl (C=O) groups is 3. The maximum atomic E-state index is 13.2. The Morgan fingerprint density at radius 1 is 0.786 bits per heavy atom. The topological polar surface area (TPSA) is 88.1 Å². The van der Waals surface area contributed by atoms with Crippen molar-refractivity contribution >= 4 is 23.6 Å². The summed E-state index contributed by atoms with van der Waals surface area (Å²) in [6, 6.07) is 6.16. The highest BCUT2D eigenvalue weighted by Gasteiger charge is 2.35. The highest BCUT2D eigenvalue weighted by Crippen LogP contribution is 2.40. The molecule has 0 radical (unpaired) electrons. The van der Waals surface area contributed by atoms with Crippen LogP contribution in [0.5, 0.6) is 17.2 Å². The van der Waals surface area contributed by atoms with E-state index in [4.69, 9.17) is 14.2 Å². The second kappa shape index (κ2) is 7.56. The molecule has 144 valence electrons. The lowest BCUT2D eigenvalue weighted by atomic mass is 9.82. The van der Waals surface area contributed by atoms with Gasteiger partial charge in [0.25, 0.3) is 0 Å². The summed E-state index contributed by atoms with van der Waals surface area (Å²) in [6.45, 7) is 0. The molecule has 28 heavy (non-hydrogen) atoms. The van der Waals surface area contributed by atoms with Crippen LogP contribution in [0, 0.1) is 0 Å². The number of carbonyl (C=O) groups excluding carboxylic acids is 3. The largest absolute Gasteiger partial charge is 0.497 e. The average Bonchev–Trinajstić information content (AvgIpc) is 2.73. The minimum atomic E-state index is -0.543. The van der Waals surface area contributed by atoms with Gasteiger partial charge >= 0.3 is 5.97 Å². The van der Waals surface area contributed by atoms with E-state index < -0.39 is 5.97 Å². The number of ether oxygens (including phenoxy) is 4. The molecule has 0 atom stereocenters. The smallest absolute Gasteiger partial charge is 0.330 e. The molecule has 2 aromatic carbocycles. The van der Waals surface area contributed by atoms with Gasteiger partial charge in [0.15, 0.2) is 5.78 Å². The van der Waals surface area contributed by atoms with E-state index in [-0.39, 0.29) is 45.3 Å². The van der Waals surface area contributed by atoms with Gasteiger partial charge in [-0.1, -0.05) is 0 Å². The van der Waals surface area contributed by atoms with Gasteiger partial charge in [0.2, 0.25) is 5.78 Å². The van der Waals surface area contributed by atoms with Crippen molar-refractivity contribution in [2.75, 3.05) is 28.4 Å². The third kappa shape index (κ3) is 3.11. The van der Waals surface area contributed by atoms with E-state index in [0.717, 1.165) is 0 Å². The van der Waals surface area contributed by atoms with Gasteiger partial charge < -0.3 is 18.9 Å². The van der Waals surface area contributed by atoms with Crippen LogP contribution in [0.3, 0.4) is 0 Å². The van der Waals surface area contributed by atoms with Crippen molar-refractivity contribution in [1.82, 2.24) is 0 Å². The number of hydrogen-bond acceptors (Lipinski definition) is 7. The molecule has 0 heterocycles. The molecule has 0 aromatic heterocycles. The molecule has 0 saturated heterocycles. The van der Waals surface area contributed by atoms with Crippen LogP contribution in [0.15, 0.2) is 30.3 Å². The fourth-order valence-electron chi connectivity index (χ4n) is 3.09. The van der Waals surface area contributed by atoms with Crippen LogP contribution in [0.25, 0.3) is 6.08 Å². The first kappa shape index (κ1) is 19.2. The molecule has 0 spiro atoms. The van der Waals surface area contributed by atoms with Crippen LogP contribution in [-0.4, -0.2) is 46.0 Å². The number of methoxy groups -OCH3 is 4. The minimum Gasteiger partial charge on any atom is -0.497 e. The van der Waals surface area contributed by atoms with Gasteiger partial charge in [-0.25, -0.2) is 4.79 Å². The lowest BCUT2D eigenvalue weighted by Gasteiger charge is -2.22. The standard InChI is InChI=1S/C21H18O7/c1-25-12-9-14-19(16(10-12)27-3)21(24)18-13(20(14)23)7-11(8-15(18)26-2)5-6-17(22)28-4/h5-10H,1-4H3/b6-5+. The number of fused-ring (bicyclic) bond motifs is 2. The Kier molecular flexibility index (Phi) is 5.17. The number of ketones is 2. The molecule has 0 bridgehead atoms. The van der Waals surface area contributed by atoms with Gasteiger partial charge in [0.05, 0.1) is 39.6 Å². The third-order valence-electron chi connectivity index (χ3n) is 4.43. The summed E-state index contributed by atoms with van der Waals surface area (Å²) in [6.07, 6.45) is 2.70. The molecular formula is C21H18O7. The zero-order valence-electron chi connectivity index (χ0n) is 15.8. The second-order valence-corrected chi connectivity index (χ2v) is 5.91. The Bertz CT molecular complexity index is 1020. The first-order valence-corrected chi connectivity index (χ1v) is 8.28. The second-order valence-electron chi connectivity index (χ2n) is 5.91. The predicted octanol–water partition coefficient (Wildman–Crippen LogP) is 2.67. The number of esters is 1. The van der Waals surface area contributed by atoms with E-state index in [1.807, 2.05) is 0 Å². The maximum Gasteiger partial charge on any atom is 0.330 e. The Morgan fingerprint density at radius 3 is 1.96 bits per heavy atom. The van der Waals surface area contributed by atoms with Crippen LogP contribution >= 0.6 is 0 Å². The van der Waals surface area contributed by atoms with E-state index in [9.17, 15) is 14.4 Å². The zero-order valence-corrected chi connectivity index (χ0v) is 15.8. The zero-order chi connectivity index (χ0) is 20.4. The van der Waals surface area contributed by atoms with Crippen LogP contribution in [-0.2, 0) is 9.53 Å². The molecule has 2 aromatic rings. The lowest BCUT2D eigenvalue weighted by molar-refractivity contribution is -0.134. The fraction of sp³-hybridized carbons (Fsp3) is 0.190. The highest BCUT2D eigenvalue weighted by atomic mass is 16.5. The van der Waals surface area contributed by atoms with Gasteiger partial charge in [0, 0.05) is 23.3 Å². The SMILES string of the molecule is COC(=O)/C=C/c1cc(OC)c2c(c1)C(=O)c1cc(OC)cc(OC)c1C2=O.